The number of hydrogen-bond acceptors (Lipinski definition) is 4. The molecule has 2 rings (SSSR count). The quantitative estimate of drug-likeness (QED) is 0.599. The molecule has 0 saturated heterocycles. The van der Waals surface area contributed by atoms with E-state index in [1.165, 1.54) is 6.07 Å². The van der Waals surface area contributed by atoms with Crippen LogP contribution in [0.3, 0.4) is 0 Å². The molecule has 118 valence electrons. The molecule has 0 saturated carbocycles. The molecule has 0 radical (unpaired) electrons. The topological polar surface area (TPSA) is 90.4 Å². The molecule has 0 bridgehead atoms. The molecule has 0 aromatic heterocycles. The summed E-state index contributed by atoms with van der Waals surface area (Å²) in [4.78, 5) is 11.5. The lowest BCUT2D eigenvalue weighted by Crippen LogP contribution is -2.24. The molecule has 1 amide bonds. The zero-order valence-electron chi connectivity index (χ0n) is 12.3. The van der Waals surface area contributed by atoms with Gasteiger partial charge in [-0.05, 0) is 17.7 Å². The Kier molecular flexibility index (Phi) is 5.42. The van der Waals surface area contributed by atoms with Gasteiger partial charge in [-0.1, -0.05) is 42.2 Å². The molecule has 5 N–H and O–H groups in total. The highest BCUT2D eigenvalue weighted by atomic mass is 19.1. The van der Waals surface area contributed by atoms with Crippen LogP contribution in [0.5, 0.6) is 0 Å². The van der Waals surface area contributed by atoms with Crippen LogP contribution in [0.25, 0.3) is 0 Å². The number of rotatable bonds is 3. The maximum absolute atomic E-state index is 13.2. The average molecular weight is 313 g/mol. The molecule has 0 spiro atoms. The molecule has 23 heavy (non-hydrogen) atoms. The van der Waals surface area contributed by atoms with Gasteiger partial charge in [-0.3, -0.25) is 0 Å². The number of nitrogen functional groups attached to an aromatic ring is 2. The lowest BCUT2D eigenvalue weighted by molar-refractivity contribution is 0.141. The summed E-state index contributed by atoms with van der Waals surface area (Å²) in [5.41, 5.74) is 12.8. The molecule has 0 aliphatic carbocycles. The van der Waals surface area contributed by atoms with Gasteiger partial charge < -0.3 is 21.5 Å². The van der Waals surface area contributed by atoms with E-state index in [9.17, 15) is 9.18 Å². The van der Waals surface area contributed by atoms with Crippen molar-refractivity contribution in [1.29, 1.82) is 0 Å². The summed E-state index contributed by atoms with van der Waals surface area (Å²) in [6, 6.07) is 11.6. The maximum Gasteiger partial charge on any atom is 0.408 e. The van der Waals surface area contributed by atoms with Crippen molar-refractivity contribution in [2.24, 2.45) is 0 Å². The third-order valence-electron chi connectivity index (χ3n) is 2.93. The molecule has 0 atom stereocenters. The van der Waals surface area contributed by atoms with Gasteiger partial charge in [0.15, 0.2) is 0 Å². The van der Waals surface area contributed by atoms with Crippen molar-refractivity contribution in [2.75, 3.05) is 18.0 Å². The first-order chi connectivity index (χ1) is 11.1. The Balaban J connectivity index is 1.82. The van der Waals surface area contributed by atoms with Gasteiger partial charge in [-0.25, -0.2) is 9.18 Å². The second-order valence-corrected chi connectivity index (χ2v) is 4.67. The van der Waals surface area contributed by atoms with Crippen molar-refractivity contribution in [3.8, 4) is 11.8 Å². The molecule has 0 unspecified atom stereocenters. The van der Waals surface area contributed by atoms with E-state index in [2.05, 4.69) is 17.2 Å². The van der Waals surface area contributed by atoms with Crippen molar-refractivity contribution < 1.29 is 13.9 Å². The van der Waals surface area contributed by atoms with Crippen LogP contribution in [0.1, 0.15) is 11.1 Å². The first kappa shape index (κ1) is 16.2. The lowest BCUT2D eigenvalue weighted by Gasteiger charge is -2.05. The smallest absolute Gasteiger partial charge is 0.408 e. The molecule has 2 aromatic carbocycles. The van der Waals surface area contributed by atoms with Crippen LogP contribution in [-0.4, -0.2) is 12.6 Å². The van der Waals surface area contributed by atoms with Crippen LogP contribution in [-0.2, 0) is 11.3 Å². The number of hydrogen-bond donors (Lipinski definition) is 3. The Labute approximate surface area is 133 Å². The van der Waals surface area contributed by atoms with E-state index in [4.69, 9.17) is 16.2 Å². The maximum atomic E-state index is 13.2. The van der Waals surface area contributed by atoms with Crippen molar-refractivity contribution in [3.05, 3.63) is 59.4 Å². The van der Waals surface area contributed by atoms with Crippen LogP contribution in [0.4, 0.5) is 20.6 Å². The van der Waals surface area contributed by atoms with Gasteiger partial charge in [-0.2, -0.15) is 0 Å². The number of carbonyl (C=O) groups is 1. The summed E-state index contributed by atoms with van der Waals surface area (Å²) in [7, 11) is 0. The van der Waals surface area contributed by atoms with Gasteiger partial charge in [0, 0.05) is 0 Å². The third-order valence-corrected chi connectivity index (χ3v) is 2.93. The fourth-order valence-electron chi connectivity index (χ4n) is 1.77. The van der Waals surface area contributed by atoms with Crippen LogP contribution in [0.2, 0.25) is 0 Å². The molecular weight excluding hydrogens is 297 g/mol. The van der Waals surface area contributed by atoms with E-state index in [0.717, 1.165) is 11.6 Å². The van der Waals surface area contributed by atoms with Crippen LogP contribution in [0.15, 0.2) is 42.5 Å². The van der Waals surface area contributed by atoms with Gasteiger partial charge in [0.1, 0.15) is 12.4 Å². The predicted molar refractivity (Wildman–Crippen MR) is 86.7 cm³/mol. The van der Waals surface area contributed by atoms with Crippen LogP contribution < -0.4 is 16.8 Å². The van der Waals surface area contributed by atoms with E-state index >= 15 is 0 Å². The van der Waals surface area contributed by atoms with Crippen molar-refractivity contribution >= 4 is 17.5 Å². The Bertz CT molecular complexity index is 752. The fraction of sp³-hybridized carbons (Fsp3) is 0.118. The number of carbonyl (C=O) groups excluding carboxylic acids is 1. The van der Waals surface area contributed by atoms with E-state index in [1.807, 2.05) is 30.3 Å². The van der Waals surface area contributed by atoms with Crippen molar-refractivity contribution in [2.45, 2.75) is 6.61 Å². The molecule has 0 heterocycles. The summed E-state index contributed by atoms with van der Waals surface area (Å²) in [5, 5.41) is 2.47. The zero-order chi connectivity index (χ0) is 16.7. The van der Waals surface area contributed by atoms with E-state index in [-0.39, 0.29) is 30.1 Å². The summed E-state index contributed by atoms with van der Waals surface area (Å²) < 4.78 is 18.2. The number of ether oxygens (including phenoxy) is 1. The fourth-order valence-corrected chi connectivity index (χ4v) is 1.77. The minimum Gasteiger partial charge on any atom is -0.445 e. The van der Waals surface area contributed by atoms with Crippen LogP contribution >= 0.6 is 0 Å². The zero-order valence-corrected chi connectivity index (χ0v) is 12.3. The summed E-state index contributed by atoms with van der Waals surface area (Å²) in [6.45, 7) is 0.219. The Morgan fingerprint density at radius 2 is 1.96 bits per heavy atom. The molecule has 6 heteroatoms. The number of amides is 1. The minimum absolute atomic E-state index is 0.0451. The average Bonchev–Trinajstić information content (AvgIpc) is 2.54. The standard InChI is InChI=1S/C17H16FN3O2/c18-14-9-13(16(20)15(19)10-14)7-4-8-21-17(22)23-11-12-5-2-1-3-6-12/h1-3,5-6,9-10H,8,11,19-20H2,(H,21,22). The van der Waals surface area contributed by atoms with Crippen molar-refractivity contribution in [3.63, 3.8) is 0 Å². The first-order valence-electron chi connectivity index (χ1n) is 6.84. The molecular formula is C17H16FN3O2. The molecule has 5 nitrogen and oxygen atoms in total. The highest BCUT2D eigenvalue weighted by molar-refractivity contribution is 5.72. The predicted octanol–water partition coefficient (Wildman–Crippen LogP) is 2.27. The molecule has 2 aromatic rings. The second-order valence-electron chi connectivity index (χ2n) is 4.67. The highest BCUT2D eigenvalue weighted by Crippen LogP contribution is 2.20. The summed E-state index contributed by atoms with van der Waals surface area (Å²) >= 11 is 0. The summed E-state index contributed by atoms with van der Waals surface area (Å²) in [5.74, 6) is 4.80. The summed E-state index contributed by atoms with van der Waals surface area (Å²) in [6.07, 6.45) is -0.588. The van der Waals surface area contributed by atoms with Gasteiger partial charge in [0.2, 0.25) is 0 Å². The minimum atomic E-state index is -0.588. The number of anilines is 2. The first-order valence-corrected chi connectivity index (χ1v) is 6.84. The van der Waals surface area contributed by atoms with Gasteiger partial charge >= 0.3 is 6.09 Å². The molecule has 0 aliphatic rings. The number of nitrogens with two attached hydrogens (primary N) is 2. The molecule has 0 fully saturated rings. The Morgan fingerprint density at radius 1 is 1.22 bits per heavy atom. The largest absolute Gasteiger partial charge is 0.445 e. The number of nitrogens with one attached hydrogen (secondary N) is 1. The SMILES string of the molecule is Nc1cc(F)cc(C#CCNC(=O)OCc2ccccc2)c1N. The number of halogens is 1. The number of alkyl carbamates (subject to hydrolysis) is 1. The van der Waals surface area contributed by atoms with Crippen LogP contribution in [0, 0.1) is 17.7 Å². The molecule has 0 aliphatic heterocycles. The second kappa shape index (κ2) is 7.71. The normalized spacial score (nSPS) is 9.61. The van der Waals surface area contributed by atoms with Crippen molar-refractivity contribution in [1.82, 2.24) is 5.32 Å². The number of benzene rings is 2. The lowest BCUT2D eigenvalue weighted by atomic mass is 10.1. The third kappa shape index (κ3) is 4.93. The van der Waals surface area contributed by atoms with Gasteiger partial charge in [-0.15, -0.1) is 0 Å². The van der Waals surface area contributed by atoms with Gasteiger partial charge in [0.05, 0.1) is 23.5 Å². The Morgan fingerprint density at radius 3 is 2.70 bits per heavy atom. The monoisotopic (exact) mass is 313 g/mol. The highest BCUT2D eigenvalue weighted by Gasteiger charge is 2.04. The Hall–Kier alpha value is -3.20. The van der Waals surface area contributed by atoms with E-state index in [1.54, 1.807) is 0 Å². The van der Waals surface area contributed by atoms with E-state index in [0.29, 0.717) is 0 Å². The van der Waals surface area contributed by atoms with E-state index < -0.39 is 11.9 Å². The van der Waals surface area contributed by atoms with Gasteiger partial charge in [0.25, 0.3) is 0 Å².